The maximum absolute atomic E-state index is 10.9. The lowest BCUT2D eigenvalue weighted by Crippen LogP contribution is -2.26. The van der Waals surface area contributed by atoms with E-state index in [1.165, 1.54) is 17.5 Å². The number of carbonyl (C=O) groups is 1. The summed E-state index contributed by atoms with van der Waals surface area (Å²) in [5.41, 5.74) is 1.17. The molecule has 0 amide bonds. The predicted octanol–water partition coefficient (Wildman–Crippen LogP) is 2.89. The number of fused-ring (bicyclic) bond motifs is 1. The first-order valence-electron chi connectivity index (χ1n) is 5.37. The second-order valence-corrected chi connectivity index (χ2v) is 5.08. The Hall–Kier alpha value is -1.16. The fourth-order valence-corrected chi connectivity index (χ4v) is 3.12. The van der Waals surface area contributed by atoms with Crippen LogP contribution in [0.4, 0.5) is 5.69 Å². The number of rotatable bonds is 2. The van der Waals surface area contributed by atoms with Gasteiger partial charge in [-0.15, -0.1) is 0 Å². The Balaban J connectivity index is 2.31. The third kappa shape index (κ3) is 2.02. The average Bonchev–Trinajstić information content (AvgIpc) is 2.52. The Bertz CT molecular complexity index is 419. The summed E-state index contributed by atoms with van der Waals surface area (Å²) in [7, 11) is 0. The first kappa shape index (κ1) is 11.3. The minimum absolute atomic E-state index is 0.276. The second kappa shape index (κ2) is 4.37. The van der Waals surface area contributed by atoms with Crippen LogP contribution in [0.1, 0.15) is 20.8 Å². The quantitative estimate of drug-likeness (QED) is 0.584. The van der Waals surface area contributed by atoms with E-state index in [4.69, 9.17) is 4.74 Å². The van der Waals surface area contributed by atoms with Gasteiger partial charge in [0.15, 0.2) is 0 Å². The molecule has 1 aromatic rings. The summed E-state index contributed by atoms with van der Waals surface area (Å²) < 4.78 is 5.09. The molecule has 0 spiro atoms. The topological polar surface area (TPSA) is 29.5 Å². The number of thioether (sulfide) groups is 1. The number of anilines is 1. The fourth-order valence-electron chi connectivity index (χ4n) is 1.92. The van der Waals surface area contributed by atoms with E-state index >= 15 is 0 Å². The standard InChI is InChI=1S/C12H15NO2S/c1-4-13-8(2)16-12-6-5-10(7-11(12)13)15-9(3)14/h5-8H,4H2,1-3H3. The van der Waals surface area contributed by atoms with E-state index in [0.29, 0.717) is 11.1 Å². The second-order valence-electron chi connectivity index (χ2n) is 3.73. The van der Waals surface area contributed by atoms with Crippen molar-refractivity contribution in [3.8, 4) is 5.75 Å². The molecule has 2 rings (SSSR count). The van der Waals surface area contributed by atoms with Crippen molar-refractivity contribution in [1.82, 2.24) is 0 Å². The van der Waals surface area contributed by atoms with Gasteiger partial charge in [0, 0.05) is 24.4 Å². The van der Waals surface area contributed by atoms with Gasteiger partial charge in [0.25, 0.3) is 0 Å². The molecule has 1 unspecified atom stereocenters. The molecule has 1 aromatic carbocycles. The lowest BCUT2D eigenvalue weighted by molar-refractivity contribution is -0.131. The normalized spacial score (nSPS) is 18.4. The van der Waals surface area contributed by atoms with Crippen LogP contribution in [0, 0.1) is 0 Å². The van der Waals surface area contributed by atoms with Crippen molar-refractivity contribution in [3.05, 3.63) is 18.2 Å². The smallest absolute Gasteiger partial charge is 0.308 e. The molecule has 1 aliphatic rings. The van der Waals surface area contributed by atoms with Gasteiger partial charge in [0.05, 0.1) is 11.1 Å². The van der Waals surface area contributed by atoms with E-state index < -0.39 is 0 Å². The van der Waals surface area contributed by atoms with Gasteiger partial charge >= 0.3 is 5.97 Å². The molecule has 1 aliphatic heterocycles. The summed E-state index contributed by atoms with van der Waals surface area (Å²) in [6.07, 6.45) is 0. The highest BCUT2D eigenvalue weighted by Crippen LogP contribution is 2.44. The van der Waals surface area contributed by atoms with Crippen molar-refractivity contribution in [1.29, 1.82) is 0 Å². The third-order valence-electron chi connectivity index (χ3n) is 2.58. The zero-order chi connectivity index (χ0) is 11.7. The molecule has 1 heterocycles. The Morgan fingerprint density at radius 2 is 2.31 bits per heavy atom. The van der Waals surface area contributed by atoms with Crippen molar-refractivity contribution in [2.45, 2.75) is 31.0 Å². The van der Waals surface area contributed by atoms with Crippen LogP contribution in [0.5, 0.6) is 5.75 Å². The summed E-state index contributed by atoms with van der Waals surface area (Å²) in [6, 6.07) is 5.81. The van der Waals surface area contributed by atoms with E-state index in [2.05, 4.69) is 18.7 Å². The van der Waals surface area contributed by atoms with Crippen molar-refractivity contribution >= 4 is 23.4 Å². The lowest BCUT2D eigenvalue weighted by Gasteiger charge is -2.21. The van der Waals surface area contributed by atoms with Gasteiger partial charge in [-0.05, 0) is 26.0 Å². The van der Waals surface area contributed by atoms with Gasteiger partial charge in [-0.25, -0.2) is 0 Å². The van der Waals surface area contributed by atoms with Crippen molar-refractivity contribution in [2.24, 2.45) is 0 Å². The highest BCUT2D eigenvalue weighted by atomic mass is 32.2. The molecule has 1 atom stereocenters. The summed E-state index contributed by atoms with van der Waals surface area (Å²) in [6.45, 7) is 6.69. The van der Waals surface area contributed by atoms with Crippen LogP contribution in [-0.4, -0.2) is 17.9 Å². The summed E-state index contributed by atoms with van der Waals surface area (Å²) in [5.74, 6) is 0.348. The molecule has 0 aromatic heterocycles. The molecular formula is C12H15NO2S. The molecular weight excluding hydrogens is 222 g/mol. The maximum Gasteiger partial charge on any atom is 0.308 e. The molecule has 0 aliphatic carbocycles. The third-order valence-corrected chi connectivity index (χ3v) is 3.77. The number of hydrogen-bond acceptors (Lipinski definition) is 4. The molecule has 0 bridgehead atoms. The summed E-state index contributed by atoms with van der Waals surface area (Å²) in [4.78, 5) is 14.4. The largest absolute Gasteiger partial charge is 0.427 e. The van der Waals surface area contributed by atoms with E-state index in [0.717, 1.165) is 6.54 Å². The number of hydrogen-bond donors (Lipinski definition) is 0. The molecule has 0 fully saturated rings. The number of carbonyl (C=O) groups excluding carboxylic acids is 1. The number of nitrogens with zero attached hydrogens (tertiary/aromatic N) is 1. The van der Waals surface area contributed by atoms with Gasteiger partial charge in [0.1, 0.15) is 5.75 Å². The van der Waals surface area contributed by atoms with Crippen molar-refractivity contribution in [2.75, 3.05) is 11.4 Å². The minimum atomic E-state index is -0.276. The zero-order valence-electron chi connectivity index (χ0n) is 9.69. The van der Waals surface area contributed by atoms with Crippen LogP contribution in [0.15, 0.2) is 23.1 Å². The molecule has 3 nitrogen and oxygen atoms in total. The predicted molar refractivity (Wildman–Crippen MR) is 66.1 cm³/mol. The van der Waals surface area contributed by atoms with E-state index in [-0.39, 0.29) is 5.97 Å². The van der Waals surface area contributed by atoms with Crippen LogP contribution in [-0.2, 0) is 4.79 Å². The molecule has 0 radical (unpaired) electrons. The Morgan fingerprint density at radius 1 is 1.56 bits per heavy atom. The van der Waals surface area contributed by atoms with Crippen LogP contribution in [0.3, 0.4) is 0 Å². The molecule has 4 heteroatoms. The molecule has 0 saturated carbocycles. The van der Waals surface area contributed by atoms with Crippen molar-refractivity contribution in [3.63, 3.8) is 0 Å². The first-order chi connectivity index (χ1) is 7.61. The number of esters is 1. The molecule has 0 saturated heterocycles. The van der Waals surface area contributed by atoms with Crippen molar-refractivity contribution < 1.29 is 9.53 Å². The van der Waals surface area contributed by atoms with Gasteiger partial charge in [-0.2, -0.15) is 0 Å². The number of benzene rings is 1. The molecule has 16 heavy (non-hydrogen) atoms. The SMILES string of the molecule is CCN1c2cc(OC(C)=O)ccc2SC1C. The van der Waals surface area contributed by atoms with Gasteiger partial charge in [0.2, 0.25) is 0 Å². The molecule has 86 valence electrons. The van der Waals surface area contributed by atoms with Crippen LogP contribution in [0.25, 0.3) is 0 Å². The van der Waals surface area contributed by atoms with Gasteiger partial charge in [-0.3, -0.25) is 4.79 Å². The summed E-state index contributed by atoms with van der Waals surface area (Å²) >= 11 is 1.84. The Labute approximate surface area is 99.8 Å². The van der Waals surface area contributed by atoms with E-state index in [1.807, 2.05) is 30.0 Å². The van der Waals surface area contributed by atoms with Crippen LogP contribution < -0.4 is 9.64 Å². The highest BCUT2D eigenvalue weighted by Gasteiger charge is 2.25. The van der Waals surface area contributed by atoms with E-state index in [1.54, 1.807) is 0 Å². The van der Waals surface area contributed by atoms with E-state index in [9.17, 15) is 4.79 Å². The fraction of sp³-hybridized carbons (Fsp3) is 0.417. The Morgan fingerprint density at radius 3 is 2.94 bits per heavy atom. The monoisotopic (exact) mass is 237 g/mol. The minimum Gasteiger partial charge on any atom is -0.427 e. The first-order valence-corrected chi connectivity index (χ1v) is 6.25. The highest BCUT2D eigenvalue weighted by molar-refractivity contribution is 8.00. The Kier molecular flexibility index (Phi) is 3.10. The van der Waals surface area contributed by atoms with Gasteiger partial charge in [-0.1, -0.05) is 11.8 Å². The summed E-state index contributed by atoms with van der Waals surface area (Å²) in [5, 5.41) is 0.451. The average molecular weight is 237 g/mol. The maximum atomic E-state index is 10.9. The molecule has 0 N–H and O–H groups in total. The van der Waals surface area contributed by atoms with Crippen LogP contribution in [0.2, 0.25) is 0 Å². The lowest BCUT2D eigenvalue weighted by atomic mass is 10.2. The van der Waals surface area contributed by atoms with Gasteiger partial charge < -0.3 is 9.64 Å². The zero-order valence-corrected chi connectivity index (χ0v) is 10.5. The number of ether oxygens (including phenoxy) is 1. The van der Waals surface area contributed by atoms with Crippen LogP contribution >= 0.6 is 11.8 Å².